The summed E-state index contributed by atoms with van der Waals surface area (Å²) in [6, 6.07) is 42.2. The van der Waals surface area contributed by atoms with Gasteiger partial charge in [-0.05, 0) is 170 Å². The molecule has 0 heterocycles. The van der Waals surface area contributed by atoms with Crippen molar-refractivity contribution < 1.29 is 28.5 Å². The summed E-state index contributed by atoms with van der Waals surface area (Å²) in [4.78, 5) is 25.1. The highest BCUT2D eigenvalue weighted by atomic mass is 16.5. The maximum Gasteiger partial charge on any atom is 0.311 e. The number of benzene rings is 6. The number of aryl methyl sites for hydroxylation is 2. The van der Waals surface area contributed by atoms with E-state index in [1.807, 2.05) is 84.9 Å². The number of ether oxygens (including phenoxy) is 4. The molecule has 0 amide bonds. The number of nitrogens with zero attached hydrogens (tertiary/aromatic N) is 4. The normalized spacial score (nSPS) is 11.3. The molecule has 0 aliphatic carbocycles. The van der Waals surface area contributed by atoms with Crippen molar-refractivity contribution in [2.24, 2.45) is 20.5 Å². The molecule has 6 aromatic carbocycles. The van der Waals surface area contributed by atoms with Crippen LogP contribution in [0.5, 0.6) is 23.0 Å². The number of carbonyl (C=O) groups excluding carboxylic acids is 2. The molecule has 0 aliphatic heterocycles. The number of esters is 2. The molecule has 0 atom stereocenters. The molecular formula is C52H56N4O6. The van der Waals surface area contributed by atoms with E-state index in [1.54, 1.807) is 24.3 Å². The van der Waals surface area contributed by atoms with E-state index in [2.05, 4.69) is 58.6 Å². The molecule has 320 valence electrons. The van der Waals surface area contributed by atoms with Crippen LogP contribution in [0.3, 0.4) is 0 Å². The SMILES string of the molecule is CCCCc1ccc(N=Nc2ccc(OCCCCC(=O)Oc3ccc4cc(OC(=O)CCCCOc5ccc(N=Nc6ccc(CCCC)cc6)cc5)ccc4c3)cc2)cc1. The highest BCUT2D eigenvalue weighted by molar-refractivity contribution is 5.87. The van der Waals surface area contributed by atoms with Gasteiger partial charge in [-0.25, -0.2) is 0 Å². The molecule has 0 radical (unpaired) electrons. The molecule has 0 unspecified atom stereocenters. The highest BCUT2D eigenvalue weighted by Gasteiger charge is 2.09. The Hall–Kier alpha value is -6.68. The molecule has 6 aromatic rings. The van der Waals surface area contributed by atoms with Gasteiger partial charge in [0.15, 0.2) is 0 Å². The molecule has 0 spiro atoms. The van der Waals surface area contributed by atoms with Crippen LogP contribution in [0.25, 0.3) is 10.8 Å². The van der Waals surface area contributed by atoms with Crippen LogP contribution in [0.4, 0.5) is 22.7 Å². The molecule has 10 heteroatoms. The van der Waals surface area contributed by atoms with E-state index in [9.17, 15) is 9.59 Å². The van der Waals surface area contributed by atoms with E-state index in [4.69, 9.17) is 18.9 Å². The van der Waals surface area contributed by atoms with Gasteiger partial charge in [-0.3, -0.25) is 9.59 Å². The molecule has 0 N–H and O–H groups in total. The fourth-order valence-corrected chi connectivity index (χ4v) is 6.49. The van der Waals surface area contributed by atoms with Crippen LogP contribution in [0.1, 0.15) is 89.2 Å². The Bertz CT molecular complexity index is 2190. The summed E-state index contributed by atoms with van der Waals surface area (Å²) in [5.41, 5.74) is 5.77. The van der Waals surface area contributed by atoms with Gasteiger partial charge in [0, 0.05) is 12.8 Å². The van der Waals surface area contributed by atoms with E-state index < -0.39 is 0 Å². The number of azo groups is 2. The van der Waals surface area contributed by atoms with Crippen LogP contribution < -0.4 is 18.9 Å². The van der Waals surface area contributed by atoms with Crippen LogP contribution in [-0.2, 0) is 22.4 Å². The molecule has 0 aromatic heterocycles. The first-order valence-electron chi connectivity index (χ1n) is 21.8. The second kappa shape index (κ2) is 24.5. The van der Waals surface area contributed by atoms with Crippen molar-refractivity contribution in [3.8, 4) is 23.0 Å². The average molecular weight is 833 g/mol. The van der Waals surface area contributed by atoms with Crippen LogP contribution in [-0.4, -0.2) is 25.2 Å². The van der Waals surface area contributed by atoms with Gasteiger partial charge in [-0.15, -0.1) is 0 Å². The Morgan fingerprint density at radius 1 is 0.403 bits per heavy atom. The molecule has 6 rings (SSSR count). The van der Waals surface area contributed by atoms with Crippen LogP contribution in [0.2, 0.25) is 0 Å². The van der Waals surface area contributed by atoms with Crippen molar-refractivity contribution in [3.63, 3.8) is 0 Å². The Labute approximate surface area is 365 Å². The summed E-state index contributed by atoms with van der Waals surface area (Å²) in [5, 5.41) is 19.1. The third-order valence-electron chi connectivity index (χ3n) is 10.1. The van der Waals surface area contributed by atoms with Crippen LogP contribution >= 0.6 is 0 Å². The topological polar surface area (TPSA) is 121 Å². The van der Waals surface area contributed by atoms with Crippen molar-refractivity contribution in [2.45, 2.75) is 90.9 Å². The Morgan fingerprint density at radius 2 is 0.742 bits per heavy atom. The van der Waals surface area contributed by atoms with Gasteiger partial charge >= 0.3 is 11.9 Å². The lowest BCUT2D eigenvalue weighted by Gasteiger charge is -2.09. The van der Waals surface area contributed by atoms with Gasteiger partial charge in [0.1, 0.15) is 23.0 Å². The molecule has 0 aliphatic rings. The first-order chi connectivity index (χ1) is 30.4. The predicted octanol–water partition coefficient (Wildman–Crippen LogP) is 14.7. The van der Waals surface area contributed by atoms with Crippen LogP contribution in [0.15, 0.2) is 154 Å². The quantitative estimate of drug-likeness (QED) is 0.0259. The molecule has 0 saturated carbocycles. The molecule has 62 heavy (non-hydrogen) atoms. The van der Waals surface area contributed by atoms with Crippen molar-refractivity contribution in [3.05, 3.63) is 145 Å². The number of carbonyl (C=O) groups is 2. The monoisotopic (exact) mass is 832 g/mol. The summed E-state index contributed by atoms with van der Waals surface area (Å²) >= 11 is 0. The summed E-state index contributed by atoms with van der Waals surface area (Å²) in [6.07, 6.45) is 10.1. The van der Waals surface area contributed by atoms with Gasteiger partial charge in [-0.2, -0.15) is 20.5 Å². The van der Waals surface area contributed by atoms with Gasteiger partial charge in [0.05, 0.1) is 36.0 Å². The van der Waals surface area contributed by atoms with E-state index >= 15 is 0 Å². The van der Waals surface area contributed by atoms with E-state index in [-0.39, 0.29) is 24.8 Å². The zero-order valence-electron chi connectivity index (χ0n) is 35.8. The Morgan fingerprint density at radius 3 is 1.10 bits per heavy atom. The minimum atomic E-state index is -0.304. The fraction of sp³-hybridized carbons (Fsp3) is 0.308. The number of hydrogen-bond donors (Lipinski definition) is 0. The minimum Gasteiger partial charge on any atom is -0.494 e. The van der Waals surface area contributed by atoms with E-state index in [1.165, 1.54) is 36.8 Å². The summed E-state index contributed by atoms with van der Waals surface area (Å²) in [6.45, 7) is 5.35. The smallest absolute Gasteiger partial charge is 0.311 e. The Kier molecular flexibility index (Phi) is 17.8. The van der Waals surface area contributed by atoms with Crippen molar-refractivity contribution in [1.29, 1.82) is 0 Å². The fourth-order valence-electron chi connectivity index (χ4n) is 6.49. The third kappa shape index (κ3) is 15.4. The first kappa shape index (κ1) is 44.9. The number of hydrogen-bond acceptors (Lipinski definition) is 10. The summed E-state index contributed by atoms with van der Waals surface area (Å²) in [7, 11) is 0. The zero-order valence-corrected chi connectivity index (χ0v) is 35.8. The van der Waals surface area contributed by atoms with Gasteiger partial charge in [-0.1, -0.05) is 63.1 Å². The van der Waals surface area contributed by atoms with E-state index in [0.29, 0.717) is 50.4 Å². The molecule has 0 fully saturated rings. The largest absolute Gasteiger partial charge is 0.494 e. The van der Waals surface area contributed by atoms with Crippen molar-refractivity contribution in [2.75, 3.05) is 13.2 Å². The predicted molar refractivity (Wildman–Crippen MR) is 245 cm³/mol. The lowest BCUT2D eigenvalue weighted by Crippen LogP contribution is -2.09. The van der Waals surface area contributed by atoms with Crippen molar-refractivity contribution >= 4 is 45.5 Å². The number of rotatable bonds is 24. The lowest BCUT2D eigenvalue weighted by atomic mass is 10.1. The molecule has 0 bridgehead atoms. The highest BCUT2D eigenvalue weighted by Crippen LogP contribution is 2.27. The molecular weight excluding hydrogens is 777 g/mol. The molecule has 10 nitrogen and oxygen atoms in total. The van der Waals surface area contributed by atoms with Gasteiger partial charge < -0.3 is 18.9 Å². The van der Waals surface area contributed by atoms with Gasteiger partial charge in [0.2, 0.25) is 0 Å². The maximum atomic E-state index is 12.6. The molecule has 0 saturated heterocycles. The zero-order chi connectivity index (χ0) is 43.2. The van der Waals surface area contributed by atoms with E-state index in [0.717, 1.165) is 57.9 Å². The Balaban J connectivity index is 0.824. The second-order valence-electron chi connectivity index (χ2n) is 15.2. The number of fused-ring (bicyclic) bond motifs is 1. The lowest BCUT2D eigenvalue weighted by molar-refractivity contribution is -0.135. The van der Waals surface area contributed by atoms with Gasteiger partial charge in [0.25, 0.3) is 0 Å². The van der Waals surface area contributed by atoms with Crippen molar-refractivity contribution in [1.82, 2.24) is 0 Å². The minimum absolute atomic E-state index is 0.275. The first-order valence-corrected chi connectivity index (χ1v) is 21.8. The maximum absolute atomic E-state index is 12.6. The summed E-state index contributed by atoms with van der Waals surface area (Å²) in [5.74, 6) is 1.79. The standard InChI is InChI=1S/C52H56N4O6/c1-3-5-11-39-15-21-43(22-16-39)53-55-45-25-31-47(32-26-45)59-35-9-7-13-51(57)61-49-29-19-42-38-50(30-20-41(42)37-49)62-52(58)14-8-10-36-60-48-33-27-46(28-34-48)56-54-44-23-17-40(18-24-44)12-6-4-2/h15-34,37-38H,3-14,35-36H2,1-2H3. The number of unbranched alkanes of at least 4 members (excludes halogenated alkanes) is 4. The third-order valence-corrected chi connectivity index (χ3v) is 10.1. The summed E-state index contributed by atoms with van der Waals surface area (Å²) < 4.78 is 22.9. The van der Waals surface area contributed by atoms with Crippen LogP contribution in [0, 0.1) is 0 Å². The average Bonchev–Trinajstić information content (AvgIpc) is 3.30. The second-order valence-corrected chi connectivity index (χ2v) is 15.2.